The molecule has 2 aromatic carbocycles. The number of rotatable bonds is 3. The van der Waals surface area contributed by atoms with Crippen molar-refractivity contribution < 1.29 is 13.9 Å². The molecule has 0 saturated heterocycles. The summed E-state index contributed by atoms with van der Waals surface area (Å²) in [6.45, 7) is 0. The predicted molar refractivity (Wildman–Crippen MR) is 76.8 cm³/mol. The van der Waals surface area contributed by atoms with E-state index in [1.807, 2.05) is 24.3 Å². The van der Waals surface area contributed by atoms with Crippen LogP contribution in [0, 0.1) is 5.82 Å². The molecular weight excluding hydrogens is 325 g/mol. The predicted octanol–water partition coefficient (Wildman–Crippen LogP) is 4.01. The highest BCUT2D eigenvalue weighted by molar-refractivity contribution is 9.10. The van der Waals surface area contributed by atoms with Gasteiger partial charge in [0.1, 0.15) is 11.3 Å². The summed E-state index contributed by atoms with van der Waals surface area (Å²) < 4.78 is 19.4. The monoisotopic (exact) mass is 335 g/mol. The molecule has 102 valence electrons. The fraction of sp³-hybridized carbons (Fsp3) is 0.133. The molecule has 1 aromatic heterocycles. The van der Waals surface area contributed by atoms with Crippen LogP contribution in [-0.4, -0.2) is 10.1 Å². The Balaban J connectivity index is 1.88. The van der Waals surface area contributed by atoms with E-state index in [4.69, 9.17) is 4.42 Å². The van der Waals surface area contributed by atoms with Gasteiger partial charge in [-0.1, -0.05) is 28.1 Å². The highest BCUT2D eigenvalue weighted by atomic mass is 79.9. The molecule has 3 aromatic rings. The van der Waals surface area contributed by atoms with Crippen molar-refractivity contribution in [2.75, 3.05) is 0 Å². The SMILES string of the molecule is OC(Cc1nc2ccccc2o1)c1cc(F)ccc1Br. The largest absolute Gasteiger partial charge is 0.441 e. The number of hydrogen-bond donors (Lipinski definition) is 1. The van der Waals surface area contributed by atoms with Gasteiger partial charge in [0.15, 0.2) is 11.5 Å². The lowest BCUT2D eigenvalue weighted by atomic mass is 10.1. The fourth-order valence-corrected chi connectivity index (χ4v) is 2.56. The molecular formula is C15H11BrFNO2. The Bertz CT molecular complexity index is 723. The zero-order chi connectivity index (χ0) is 14.1. The third-order valence-corrected chi connectivity index (χ3v) is 3.75. The van der Waals surface area contributed by atoms with Gasteiger partial charge in [0, 0.05) is 4.47 Å². The summed E-state index contributed by atoms with van der Waals surface area (Å²) in [7, 11) is 0. The molecule has 0 aliphatic heterocycles. The summed E-state index contributed by atoms with van der Waals surface area (Å²) in [5.41, 5.74) is 1.90. The topological polar surface area (TPSA) is 46.3 Å². The molecule has 0 saturated carbocycles. The number of aromatic nitrogens is 1. The Hall–Kier alpha value is -1.72. The van der Waals surface area contributed by atoms with Gasteiger partial charge in [0.05, 0.1) is 12.5 Å². The summed E-state index contributed by atoms with van der Waals surface area (Å²) in [5, 5.41) is 10.2. The lowest BCUT2D eigenvalue weighted by Gasteiger charge is -2.10. The highest BCUT2D eigenvalue weighted by Gasteiger charge is 2.16. The Morgan fingerprint density at radius 2 is 2.05 bits per heavy atom. The number of oxazole rings is 1. The van der Waals surface area contributed by atoms with Gasteiger partial charge in [0.25, 0.3) is 0 Å². The third-order valence-electron chi connectivity index (χ3n) is 3.02. The number of halogens is 2. The molecule has 1 atom stereocenters. The Kier molecular flexibility index (Phi) is 3.54. The van der Waals surface area contributed by atoms with Crippen LogP contribution in [0.25, 0.3) is 11.1 Å². The molecule has 0 spiro atoms. The van der Waals surface area contributed by atoms with E-state index < -0.39 is 6.10 Å². The maximum absolute atomic E-state index is 13.2. The van der Waals surface area contributed by atoms with E-state index in [1.54, 1.807) is 6.07 Å². The summed E-state index contributed by atoms with van der Waals surface area (Å²) in [6, 6.07) is 11.6. The number of benzene rings is 2. The molecule has 0 bridgehead atoms. The van der Waals surface area contributed by atoms with Gasteiger partial charge in [-0.05, 0) is 35.9 Å². The van der Waals surface area contributed by atoms with Gasteiger partial charge >= 0.3 is 0 Å². The molecule has 0 aliphatic rings. The number of fused-ring (bicyclic) bond motifs is 1. The van der Waals surface area contributed by atoms with Crippen LogP contribution in [0.5, 0.6) is 0 Å². The minimum atomic E-state index is -0.881. The number of aliphatic hydroxyl groups excluding tert-OH is 1. The lowest BCUT2D eigenvalue weighted by molar-refractivity contribution is 0.168. The molecule has 0 amide bonds. The van der Waals surface area contributed by atoms with E-state index in [2.05, 4.69) is 20.9 Å². The number of hydrogen-bond acceptors (Lipinski definition) is 3. The number of aliphatic hydroxyl groups is 1. The zero-order valence-corrected chi connectivity index (χ0v) is 12.0. The quantitative estimate of drug-likeness (QED) is 0.786. The summed E-state index contributed by atoms with van der Waals surface area (Å²) in [5.74, 6) is 0.0367. The van der Waals surface area contributed by atoms with Gasteiger partial charge < -0.3 is 9.52 Å². The van der Waals surface area contributed by atoms with Crippen LogP contribution in [0.15, 0.2) is 51.4 Å². The van der Waals surface area contributed by atoms with Gasteiger partial charge in [-0.25, -0.2) is 9.37 Å². The Morgan fingerprint density at radius 1 is 1.25 bits per heavy atom. The van der Waals surface area contributed by atoms with E-state index in [0.29, 0.717) is 21.5 Å². The van der Waals surface area contributed by atoms with Crippen molar-refractivity contribution in [1.29, 1.82) is 0 Å². The van der Waals surface area contributed by atoms with Gasteiger partial charge in [-0.15, -0.1) is 0 Å². The first-order valence-corrected chi connectivity index (χ1v) is 6.90. The zero-order valence-electron chi connectivity index (χ0n) is 10.4. The molecule has 3 nitrogen and oxygen atoms in total. The molecule has 0 radical (unpaired) electrons. The molecule has 1 heterocycles. The third kappa shape index (κ3) is 2.59. The van der Waals surface area contributed by atoms with E-state index in [0.717, 1.165) is 5.52 Å². The summed E-state index contributed by atoms with van der Waals surface area (Å²) in [6.07, 6.45) is -0.690. The second-order valence-electron chi connectivity index (χ2n) is 4.46. The second-order valence-corrected chi connectivity index (χ2v) is 5.32. The van der Waals surface area contributed by atoms with Crippen molar-refractivity contribution in [3.05, 3.63) is 64.2 Å². The van der Waals surface area contributed by atoms with Crippen molar-refractivity contribution in [2.24, 2.45) is 0 Å². The number of para-hydroxylation sites is 2. The van der Waals surface area contributed by atoms with Gasteiger partial charge in [-0.3, -0.25) is 0 Å². The molecule has 1 N–H and O–H groups in total. The number of nitrogens with zero attached hydrogens (tertiary/aromatic N) is 1. The normalized spacial score (nSPS) is 12.8. The maximum atomic E-state index is 13.2. The molecule has 5 heteroatoms. The highest BCUT2D eigenvalue weighted by Crippen LogP contribution is 2.27. The molecule has 3 rings (SSSR count). The van der Waals surface area contributed by atoms with Gasteiger partial charge in [0.2, 0.25) is 0 Å². The van der Waals surface area contributed by atoms with E-state index in [1.165, 1.54) is 12.1 Å². The molecule has 0 fully saturated rings. The van der Waals surface area contributed by atoms with Crippen LogP contribution >= 0.6 is 15.9 Å². The van der Waals surface area contributed by atoms with Crippen LogP contribution in [0.1, 0.15) is 17.6 Å². The Labute approximate surface area is 123 Å². The first kappa shape index (κ1) is 13.3. The second kappa shape index (κ2) is 5.34. The van der Waals surface area contributed by atoms with Crippen LogP contribution in [0.3, 0.4) is 0 Å². The van der Waals surface area contributed by atoms with Crippen molar-refractivity contribution >= 4 is 27.0 Å². The molecule has 1 unspecified atom stereocenters. The molecule has 20 heavy (non-hydrogen) atoms. The van der Waals surface area contributed by atoms with Crippen molar-refractivity contribution in [3.8, 4) is 0 Å². The maximum Gasteiger partial charge on any atom is 0.198 e. The van der Waals surface area contributed by atoms with E-state index in [9.17, 15) is 9.50 Å². The van der Waals surface area contributed by atoms with Crippen molar-refractivity contribution in [1.82, 2.24) is 4.98 Å². The first-order chi connectivity index (χ1) is 9.63. The molecule has 0 aliphatic carbocycles. The van der Waals surface area contributed by atoms with Crippen LogP contribution < -0.4 is 0 Å². The summed E-state index contributed by atoms with van der Waals surface area (Å²) >= 11 is 3.30. The van der Waals surface area contributed by atoms with Crippen LogP contribution in [0.2, 0.25) is 0 Å². The van der Waals surface area contributed by atoms with Crippen molar-refractivity contribution in [3.63, 3.8) is 0 Å². The fourth-order valence-electron chi connectivity index (χ4n) is 2.05. The average molecular weight is 336 g/mol. The van der Waals surface area contributed by atoms with E-state index >= 15 is 0 Å². The van der Waals surface area contributed by atoms with Gasteiger partial charge in [-0.2, -0.15) is 0 Å². The Morgan fingerprint density at radius 3 is 2.85 bits per heavy atom. The lowest BCUT2D eigenvalue weighted by Crippen LogP contribution is -2.03. The minimum absolute atomic E-state index is 0.191. The summed E-state index contributed by atoms with van der Waals surface area (Å²) in [4.78, 5) is 4.29. The first-order valence-electron chi connectivity index (χ1n) is 6.11. The van der Waals surface area contributed by atoms with E-state index in [-0.39, 0.29) is 12.2 Å². The standard InChI is InChI=1S/C15H11BrFNO2/c16-11-6-5-9(17)7-10(11)13(19)8-15-18-12-3-1-2-4-14(12)20-15/h1-7,13,19H,8H2. The smallest absolute Gasteiger partial charge is 0.198 e. The van der Waals surface area contributed by atoms with Crippen molar-refractivity contribution in [2.45, 2.75) is 12.5 Å². The van der Waals surface area contributed by atoms with Crippen LogP contribution in [0.4, 0.5) is 4.39 Å². The minimum Gasteiger partial charge on any atom is -0.441 e. The average Bonchev–Trinajstić information content (AvgIpc) is 2.83. The van der Waals surface area contributed by atoms with Crippen LogP contribution in [-0.2, 0) is 6.42 Å².